The van der Waals surface area contributed by atoms with Crippen LogP contribution < -0.4 is 4.89 Å². The normalized spacial score (nSPS) is 14.1. The number of allylic oxidation sites excluding steroid dienone is 10. The molecule has 8 nitrogen and oxygen atoms in total. The largest absolute Gasteiger partial charge is 0.756 e. The van der Waals surface area contributed by atoms with Gasteiger partial charge in [0.2, 0.25) is 0 Å². The summed E-state index contributed by atoms with van der Waals surface area (Å²) < 4.78 is 34.7. The first kappa shape index (κ1) is 59.2. The molecule has 0 amide bonds. The lowest BCUT2D eigenvalue weighted by Gasteiger charge is -2.28. The predicted octanol–water partition coefficient (Wildman–Crippen LogP) is 14.6. The second-order valence-electron chi connectivity index (χ2n) is 17.8. The monoisotopic (exact) mass is 878 g/mol. The number of carbonyl (C=O) groups excluding carboxylic acids is 1. The molecule has 0 aromatic carbocycles. The third-order valence-corrected chi connectivity index (χ3v) is 11.5. The molecule has 9 heteroatoms. The van der Waals surface area contributed by atoms with E-state index in [0.717, 1.165) is 70.6 Å². The fourth-order valence-electron chi connectivity index (χ4n) is 6.64. The molecule has 0 aliphatic heterocycles. The molecule has 0 aromatic heterocycles. The number of phosphoric ester groups is 1. The van der Waals surface area contributed by atoms with Crippen LogP contribution in [0.1, 0.15) is 206 Å². The minimum Gasteiger partial charge on any atom is -0.756 e. The van der Waals surface area contributed by atoms with Gasteiger partial charge in [0.05, 0.1) is 34.4 Å². The highest BCUT2D eigenvalue weighted by atomic mass is 31.2. The van der Waals surface area contributed by atoms with E-state index < -0.39 is 13.9 Å². The fraction of sp³-hybridized carbons (Fsp3) is 0.788. The Morgan fingerprint density at radius 3 is 1.38 bits per heavy atom. The van der Waals surface area contributed by atoms with Crippen LogP contribution in [-0.4, -0.2) is 70.7 Å². The lowest BCUT2D eigenvalue weighted by Crippen LogP contribution is -2.37. The van der Waals surface area contributed by atoms with Crippen LogP contribution in [0.2, 0.25) is 0 Å². The topological polar surface area (TPSA) is 94.1 Å². The van der Waals surface area contributed by atoms with Gasteiger partial charge in [-0.15, -0.1) is 0 Å². The van der Waals surface area contributed by atoms with Gasteiger partial charge in [0.1, 0.15) is 19.3 Å². The first-order valence-corrected chi connectivity index (χ1v) is 26.5. The van der Waals surface area contributed by atoms with Crippen LogP contribution in [-0.2, 0) is 27.9 Å². The second kappa shape index (κ2) is 44.8. The SMILES string of the molecule is CCCCC/C=C\C/C=C\CCCCCCCC(=O)OC(COCCCCCCCCCCC/C=C\C/C=C\C/C=C\CCCCCCC)COP(=O)([O-])OCC[N+](C)(C)C. The molecule has 0 rings (SSSR count). The number of hydrogen-bond donors (Lipinski definition) is 0. The van der Waals surface area contributed by atoms with E-state index in [2.05, 4.69) is 74.6 Å². The summed E-state index contributed by atoms with van der Waals surface area (Å²) in [5, 5.41) is 0. The van der Waals surface area contributed by atoms with Gasteiger partial charge in [-0.3, -0.25) is 9.36 Å². The molecule has 0 aliphatic carbocycles. The number of likely N-dealkylation sites (N-methyl/N-ethyl adjacent to an activating group) is 1. The van der Waals surface area contributed by atoms with Gasteiger partial charge >= 0.3 is 5.97 Å². The number of nitrogens with zero attached hydrogens (tertiary/aromatic N) is 1. The average Bonchev–Trinajstić information content (AvgIpc) is 3.22. The third kappa shape index (κ3) is 49.1. The van der Waals surface area contributed by atoms with Gasteiger partial charge in [0, 0.05) is 13.0 Å². The van der Waals surface area contributed by atoms with Gasteiger partial charge in [-0.25, -0.2) is 0 Å². The molecule has 0 aromatic rings. The quantitative estimate of drug-likeness (QED) is 0.0198. The summed E-state index contributed by atoms with van der Waals surface area (Å²) in [7, 11) is 1.34. The lowest BCUT2D eigenvalue weighted by atomic mass is 10.1. The van der Waals surface area contributed by atoms with E-state index in [1.54, 1.807) is 0 Å². The average molecular weight is 878 g/mol. The van der Waals surface area contributed by atoms with E-state index in [1.165, 1.54) is 116 Å². The molecule has 0 N–H and O–H groups in total. The van der Waals surface area contributed by atoms with Crippen molar-refractivity contribution in [2.24, 2.45) is 0 Å². The van der Waals surface area contributed by atoms with Crippen molar-refractivity contribution in [1.29, 1.82) is 0 Å². The lowest BCUT2D eigenvalue weighted by molar-refractivity contribution is -0.870. The Morgan fingerprint density at radius 2 is 0.902 bits per heavy atom. The zero-order valence-corrected chi connectivity index (χ0v) is 41.2. The molecule has 0 spiro atoms. The molecule has 0 bridgehead atoms. The Balaban J connectivity index is 4.16. The van der Waals surface area contributed by atoms with Crippen molar-refractivity contribution in [2.75, 3.05) is 54.1 Å². The molecule has 2 unspecified atom stereocenters. The Hall–Kier alpha value is -1.80. The van der Waals surface area contributed by atoms with E-state index in [0.29, 0.717) is 24.1 Å². The highest BCUT2D eigenvalue weighted by Crippen LogP contribution is 2.38. The van der Waals surface area contributed by atoms with Crippen LogP contribution in [0, 0.1) is 0 Å². The number of phosphoric acid groups is 1. The van der Waals surface area contributed by atoms with Gasteiger partial charge in [-0.05, 0) is 83.5 Å². The number of unbranched alkanes of at least 4 members (excludes halogenated alkanes) is 22. The molecule has 61 heavy (non-hydrogen) atoms. The van der Waals surface area contributed by atoms with E-state index in [1.807, 2.05) is 21.1 Å². The van der Waals surface area contributed by atoms with Crippen LogP contribution in [0.3, 0.4) is 0 Å². The van der Waals surface area contributed by atoms with Crippen LogP contribution in [0.4, 0.5) is 0 Å². The summed E-state index contributed by atoms with van der Waals surface area (Å²) in [5.41, 5.74) is 0. The Kier molecular flexibility index (Phi) is 43.5. The molecular weight excluding hydrogens is 782 g/mol. The Bertz CT molecular complexity index is 1160. The fourth-order valence-corrected chi connectivity index (χ4v) is 7.37. The number of hydrogen-bond acceptors (Lipinski definition) is 7. The van der Waals surface area contributed by atoms with Gasteiger partial charge in [-0.1, -0.05) is 177 Å². The van der Waals surface area contributed by atoms with Gasteiger partial charge in [0.25, 0.3) is 7.82 Å². The van der Waals surface area contributed by atoms with Crippen LogP contribution in [0.25, 0.3) is 0 Å². The van der Waals surface area contributed by atoms with Gasteiger partial charge in [0.15, 0.2) is 0 Å². The van der Waals surface area contributed by atoms with Crippen molar-refractivity contribution in [2.45, 2.75) is 213 Å². The van der Waals surface area contributed by atoms with Gasteiger partial charge in [-0.2, -0.15) is 0 Å². The summed E-state index contributed by atoms with van der Waals surface area (Å²) in [6, 6.07) is 0. The van der Waals surface area contributed by atoms with E-state index in [-0.39, 0.29) is 25.8 Å². The van der Waals surface area contributed by atoms with Crippen LogP contribution in [0.15, 0.2) is 60.8 Å². The Labute approximate surface area is 377 Å². The molecule has 0 radical (unpaired) electrons. The maximum absolute atomic E-state index is 12.7. The van der Waals surface area contributed by atoms with Crippen molar-refractivity contribution in [3.05, 3.63) is 60.8 Å². The second-order valence-corrected chi connectivity index (χ2v) is 19.2. The van der Waals surface area contributed by atoms with E-state index in [9.17, 15) is 14.3 Å². The third-order valence-electron chi connectivity index (χ3n) is 10.5. The molecule has 0 saturated heterocycles. The zero-order valence-electron chi connectivity index (χ0n) is 40.4. The molecule has 0 fully saturated rings. The highest BCUT2D eigenvalue weighted by Gasteiger charge is 2.20. The smallest absolute Gasteiger partial charge is 0.306 e. The summed E-state index contributed by atoms with van der Waals surface area (Å²) in [4.78, 5) is 25.1. The molecule has 0 aliphatic rings. The zero-order chi connectivity index (χ0) is 44.8. The van der Waals surface area contributed by atoms with Crippen molar-refractivity contribution in [1.82, 2.24) is 0 Å². The predicted molar refractivity (Wildman–Crippen MR) is 259 cm³/mol. The maximum atomic E-state index is 12.7. The van der Waals surface area contributed by atoms with E-state index in [4.69, 9.17) is 18.5 Å². The number of ether oxygens (including phenoxy) is 2. The number of rotatable bonds is 46. The van der Waals surface area contributed by atoms with Crippen LogP contribution in [0.5, 0.6) is 0 Å². The van der Waals surface area contributed by atoms with Crippen LogP contribution >= 0.6 is 7.82 Å². The van der Waals surface area contributed by atoms with Crippen molar-refractivity contribution in [3.63, 3.8) is 0 Å². The first-order valence-electron chi connectivity index (χ1n) is 25.0. The standard InChI is InChI=1S/C52H96NO7P/c1-6-8-10-12-14-16-18-20-22-23-24-25-26-27-28-29-30-32-34-36-38-40-42-44-47-57-49-51(50-59-61(55,56)58-48-46-53(3,4)5)60-52(54)45-43-41-39-37-35-33-31-21-19-17-15-13-11-9-7-2/h15,17-18,20-21,23-24,26-27,31,51H,6-14,16,19,22,25,28-30,32-50H2,1-5H3/b17-15-,20-18-,24-23-,27-26-,31-21-. The number of carbonyl (C=O) groups is 1. The van der Waals surface area contributed by atoms with Crippen molar-refractivity contribution in [3.8, 4) is 0 Å². The highest BCUT2D eigenvalue weighted by molar-refractivity contribution is 7.45. The summed E-state index contributed by atoms with van der Waals surface area (Å²) in [6.07, 6.45) is 56.7. The molecule has 0 saturated carbocycles. The van der Waals surface area contributed by atoms with E-state index >= 15 is 0 Å². The summed E-state index contributed by atoms with van der Waals surface area (Å²) in [5.74, 6) is -0.351. The van der Waals surface area contributed by atoms with Crippen molar-refractivity contribution >= 4 is 13.8 Å². The summed E-state index contributed by atoms with van der Waals surface area (Å²) >= 11 is 0. The number of esters is 1. The minimum absolute atomic E-state index is 0.0198. The number of quaternary nitrogens is 1. The van der Waals surface area contributed by atoms with Crippen molar-refractivity contribution < 1.29 is 37.3 Å². The Morgan fingerprint density at radius 1 is 0.508 bits per heavy atom. The first-order chi connectivity index (χ1) is 29.6. The van der Waals surface area contributed by atoms with Gasteiger partial charge < -0.3 is 27.9 Å². The molecular formula is C52H96NO7P. The molecule has 356 valence electrons. The summed E-state index contributed by atoms with van der Waals surface area (Å²) in [6.45, 7) is 5.34. The minimum atomic E-state index is -4.54. The molecule has 2 atom stereocenters. The molecule has 0 heterocycles. The maximum Gasteiger partial charge on any atom is 0.306 e.